The van der Waals surface area contributed by atoms with Gasteiger partial charge in [0.1, 0.15) is 0 Å². The van der Waals surface area contributed by atoms with Crippen LogP contribution in [-0.2, 0) is 6.54 Å². The third kappa shape index (κ3) is 3.75. The van der Waals surface area contributed by atoms with Crippen molar-refractivity contribution in [3.63, 3.8) is 0 Å². The highest BCUT2D eigenvalue weighted by atomic mass is 32.2. The topological polar surface area (TPSA) is 29.9 Å². The van der Waals surface area contributed by atoms with Gasteiger partial charge in [-0.3, -0.25) is 0 Å². The maximum Gasteiger partial charge on any atom is 0.0948 e. The minimum absolute atomic E-state index is 0.511. The zero-order valence-electron chi connectivity index (χ0n) is 11.6. The summed E-state index contributed by atoms with van der Waals surface area (Å²) >= 11 is 1.93. The van der Waals surface area contributed by atoms with E-state index < -0.39 is 0 Å². The summed E-state index contributed by atoms with van der Waals surface area (Å²) < 4.78 is 2.34. The van der Waals surface area contributed by atoms with E-state index in [4.69, 9.17) is 0 Å². The van der Waals surface area contributed by atoms with Gasteiger partial charge in [-0.05, 0) is 51.0 Å². The molecule has 1 aromatic rings. The molecule has 2 heterocycles. The van der Waals surface area contributed by atoms with Crippen LogP contribution in [0.25, 0.3) is 0 Å². The molecule has 1 aromatic heterocycles. The Labute approximate surface area is 115 Å². The number of aromatic nitrogens is 2. The second kappa shape index (κ2) is 7.19. The molecule has 102 valence electrons. The van der Waals surface area contributed by atoms with Crippen molar-refractivity contribution in [2.24, 2.45) is 0 Å². The Balaban J connectivity index is 1.90. The Hall–Kier alpha value is -0.480. The van der Waals surface area contributed by atoms with E-state index in [2.05, 4.69) is 28.0 Å². The minimum atomic E-state index is 0.511. The number of thioether (sulfide) groups is 1. The molecular weight excluding hydrogens is 242 g/mol. The lowest BCUT2D eigenvalue weighted by molar-refractivity contribution is 0.328. The fourth-order valence-electron chi connectivity index (χ4n) is 2.71. The van der Waals surface area contributed by atoms with Crippen molar-refractivity contribution in [2.45, 2.75) is 57.7 Å². The Kier molecular flexibility index (Phi) is 5.57. The molecule has 1 N–H and O–H groups in total. The van der Waals surface area contributed by atoms with Gasteiger partial charge in [0.15, 0.2) is 0 Å². The number of rotatable bonds is 6. The van der Waals surface area contributed by atoms with Crippen LogP contribution in [-0.4, -0.2) is 27.6 Å². The summed E-state index contributed by atoms with van der Waals surface area (Å²) in [5, 5.41) is 3.70. The van der Waals surface area contributed by atoms with Crippen molar-refractivity contribution in [1.29, 1.82) is 0 Å². The predicted octanol–water partition coefficient (Wildman–Crippen LogP) is 3.23. The summed E-state index contributed by atoms with van der Waals surface area (Å²) in [6, 6.07) is 1.15. The Morgan fingerprint density at radius 2 is 2.33 bits per heavy atom. The number of hydrogen-bond donors (Lipinski definition) is 1. The van der Waals surface area contributed by atoms with Crippen LogP contribution in [0.3, 0.4) is 0 Å². The van der Waals surface area contributed by atoms with E-state index in [-0.39, 0.29) is 0 Å². The molecular formula is C14H25N3S. The van der Waals surface area contributed by atoms with Crippen molar-refractivity contribution in [1.82, 2.24) is 14.9 Å². The number of imidazole rings is 1. The lowest BCUT2D eigenvalue weighted by atomic mass is 9.97. The van der Waals surface area contributed by atoms with E-state index in [9.17, 15) is 0 Å². The van der Waals surface area contributed by atoms with Gasteiger partial charge in [-0.15, -0.1) is 0 Å². The van der Waals surface area contributed by atoms with Crippen molar-refractivity contribution in [3.05, 3.63) is 18.2 Å². The van der Waals surface area contributed by atoms with Crippen LogP contribution in [0.4, 0.5) is 0 Å². The summed E-state index contributed by atoms with van der Waals surface area (Å²) in [5.74, 6) is 1.27. The van der Waals surface area contributed by atoms with E-state index in [1.165, 1.54) is 43.6 Å². The van der Waals surface area contributed by atoms with E-state index in [1.54, 1.807) is 0 Å². The normalized spacial score (nSPS) is 24.3. The molecule has 0 saturated carbocycles. The molecule has 0 aliphatic carbocycles. The summed E-state index contributed by atoms with van der Waals surface area (Å²) in [6.45, 7) is 3.40. The maximum absolute atomic E-state index is 4.34. The van der Waals surface area contributed by atoms with E-state index >= 15 is 0 Å². The SMILES string of the molecule is CSCCCCn1cncc1C1CCCC(C)N1. The first-order valence-corrected chi connectivity index (χ1v) is 8.45. The number of unbranched alkanes of at least 4 members (excludes halogenated alkanes) is 1. The highest BCUT2D eigenvalue weighted by Crippen LogP contribution is 2.25. The van der Waals surface area contributed by atoms with Crippen molar-refractivity contribution in [2.75, 3.05) is 12.0 Å². The third-order valence-corrected chi connectivity index (χ3v) is 4.41. The summed E-state index contributed by atoms with van der Waals surface area (Å²) in [4.78, 5) is 4.34. The van der Waals surface area contributed by atoms with Crippen LogP contribution in [0.1, 0.15) is 50.8 Å². The Morgan fingerprint density at radius 3 is 3.11 bits per heavy atom. The van der Waals surface area contributed by atoms with Gasteiger partial charge in [0.05, 0.1) is 12.0 Å². The lowest BCUT2D eigenvalue weighted by Gasteiger charge is -2.29. The molecule has 0 spiro atoms. The fraction of sp³-hybridized carbons (Fsp3) is 0.786. The molecule has 1 fully saturated rings. The first-order valence-electron chi connectivity index (χ1n) is 7.06. The van der Waals surface area contributed by atoms with Gasteiger partial charge in [0.2, 0.25) is 0 Å². The molecule has 2 rings (SSSR count). The van der Waals surface area contributed by atoms with E-state index in [1.807, 2.05) is 24.3 Å². The van der Waals surface area contributed by atoms with Crippen LogP contribution < -0.4 is 5.32 Å². The molecule has 1 aliphatic rings. The number of piperidine rings is 1. The van der Waals surface area contributed by atoms with Crippen LogP contribution in [0.2, 0.25) is 0 Å². The Bertz CT molecular complexity index is 351. The molecule has 2 unspecified atom stereocenters. The number of aryl methyl sites for hydroxylation is 1. The zero-order chi connectivity index (χ0) is 12.8. The monoisotopic (exact) mass is 267 g/mol. The van der Waals surface area contributed by atoms with E-state index in [0.29, 0.717) is 12.1 Å². The predicted molar refractivity (Wildman–Crippen MR) is 79.0 cm³/mol. The summed E-state index contributed by atoms with van der Waals surface area (Å²) in [5.41, 5.74) is 1.38. The molecule has 1 saturated heterocycles. The molecule has 0 amide bonds. The van der Waals surface area contributed by atoms with Crippen LogP contribution in [0.5, 0.6) is 0 Å². The largest absolute Gasteiger partial charge is 0.333 e. The second-order valence-electron chi connectivity index (χ2n) is 5.26. The lowest BCUT2D eigenvalue weighted by Crippen LogP contribution is -2.35. The van der Waals surface area contributed by atoms with Crippen molar-refractivity contribution < 1.29 is 0 Å². The van der Waals surface area contributed by atoms with Crippen molar-refractivity contribution in [3.8, 4) is 0 Å². The highest BCUT2D eigenvalue weighted by Gasteiger charge is 2.21. The van der Waals surface area contributed by atoms with Gasteiger partial charge in [0, 0.05) is 24.8 Å². The number of nitrogens with zero attached hydrogens (tertiary/aromatic N) is 2. The van der Waals surface area contributed by atoms with Gasteiger partial charge in [-0.2, -0.15) is 11.8 Å². The molecule has 1 aliphatic heterocycles. The molecule has 0 radical (unpaired) electrons. The van der Waals surface area contributed by atoms with Gasteiger partial charge >= 0.3 is 0 Å². The quantitative estimate of drug-likeness (QED) is 0.803. The first-order chi connectivity index (χ1) is 8.81. The molecule has 4 heteroatoms. The van der Waals surface area contributed by atoms with Crippen molar-refractivity contribution >= 4 is 11.8 Å². The molecule has 0 aromatic carbocycles. The van der Waals surface area contributed by atoms with Gasteiger partial charge in [-0.25, -0.2) is 4.98 Å². The van der Waals surface area contributed by atoms with Crippen LogP contribution >= 0.6 is 11.8 Å². The smallest absolute Gasteiger partial charge is 0.0948 e. The molecule has 2 atom stereocenters. The Morgan fingerprint density at radius 1 is 1.44 bits per heavy atom. The van der Waals surface area contributed by atoms with Gasteiger partial charge in [-0.1, -0.05) is 0 Å². The van der Waals surface area contributed by atoms with Crippen LogP contribution in [0.15, 0.2) is 12.5 Å². The molecule has 0 bridgehead atoms. The molecule has 18 heavy (non-hydrogen) atoms. The second-order valence-corrected chi connectivity index (χ2v) is 6.25. The third-order valence-electron chi connectivity index (χ3n) is 3.71. The standard InChI is InChI=1S/C14H25N3S/c1-12-6-5-7-13(16-12)14-10-15-11-17(14)8-3-4-9-18-2/h10-13,16H,3-9H2,1-2H3. The zero-order valence-corrected chi connectivity index (χ0v) is 12.4. The van der Waals surface area contributed by atoms with Gasteiger partial charge < -0.3 is 9.88 Å². The minimum Gasteiger partial charge on any atom is -0.333 e. The van der Waals surface area contributed by atoms with E-state index in [0.717, 1.165) is 6.54 Å². The fourth-order valence-corrected chi connectivity index (χ4v) is 3.20. The first kappa shape index (κ1) is 13.9. The average Bonchev–Trinajstić information content (AvgIpc) is 2.83. The molecule has 3 nitrogen and oxygen atoms in total. The summed E-state index contributed by atoms with van der Waals surface area (Å²) in [7, 11) is 0. The van der Waals surface area contributed by atoms with Crippen LogP contribution in [0, 0.1) is 0 Å². The summed E-state index contributed by atoms with van der Waals surface area (Å²) in [6.07, 6.45) is 12.7. The highest BCUT2D eigenvalue weighted by molar-refractivity contribution is 7.98. The van der Waals surface area contributed by atoms with Gasteiger partial charge in [0.25, 0.3) is 0 Å². The number of nitrogens with one attached hydrogen (secondary N) is 1. The average molecular weight is 267 g/mol. The maximum atomic E-state index is 4.34. The number of hydrogen-bond acceptors (Lipinski definition) is 3.